The SMILES string of the molecule is CC(Cl)C(=O)NCCC(C)S(C)=O. The van der Waals surface area contributed by atoms with Gasteiger partial charge in [-0.05, 0) is 13.3 Å². The summed E-state index contributed by atoms with van der Waals surface area (Å²) in [4.78, 5) is 11.0. The molecule has 0 aliphatic heterocycles. The van der Waals surface area contributed by atoms with Crippen molar-refractivity contribution in [2.24, 2.45) is 0 Å². The van der Waals surface area contributed by atoms with E-state index in [0.717, 1.165) is 6.42 Å². The monoisotopic (exact) mass is 225 g/mol. The number of hydrogen-bond donors (Lipinski definition) is 1. The first-order valence-electron chi connectivity index (χ1n) is 4.19. The van der Waals surface area contributed by atoms with Crippen LogP contribution in [0.5, 0.6) is 0 Å². The molecule has 0 fully saturated rings. The van der Waals surface area contributed by atoms with Crippen LogP contribution in [0.4, 0.5) is 0 Å². The highest BCUT2D eigenvalue weighted by molar-refractivity contribution is 7.84. The van der Waals surface area contributed by atoms with Crippen LogP contribution >= 0.6 is 11.6 Å². The second kappa shape index (κ2) is 6.38. The Morgan fingerprint density at radius 3 is 2.46 bits per heavy atom. The number of carbonyl (C=O) groups excluding carboxylic acids is 1. The van der Waals surface area contributed by atoms with Gasteiger partial charge in [0.2, 0.25) is 5.91 Å². The molecule has 3 unspecified atom stereocenters. The highest BCUT2D eigenvalue weighted by Crippen LogP contribution is 1.98. The van der Waals surface area contributed by atoms with Crippen LogP contribution < -0.4 is 5.32 Å². The van der Waals surface area contributed by atoms with Gasteiger partial charge < -0.3 is 5.32 Å². The lowest BCUT2D eigenvalue weighted by Crippen LogP contribution is -2.32. The van der Waals surface area contributed by atoms with Crippen LogP contribution in [0.1, 0.15) is 20.3 Å². The van der Waals surface area contributed by atoms with Gasteiger partial charge in [-0.15, -0.1) is 11.6 Å². The Balaban J connectivity index is 3.56. The van der Waals surface area contributed by atoms with E-state index in [-0.39, 0.29) is 11.2 Å². The quantitative estimate of drug-likeness (QED) is 0.707. The maximum atomic E-state index is 11.0. The standard InChI is InChI=1S/C8H16ClNO2S/c1-6(13(3)12)4-5-10-8(11)7(2)9/h6-7H,4-5H2,1-3H3,(H,10,11). The van der Waals surface area contributed by atoms with E-state index in [1.807, 2.05) is 6.92 Å². The molecule has 0 radical (unpaired) electrons. The summed E-state index contributed by atoms with van der Waals surface area (Å²) < 4.78 is 10.9. The van der Waals surface area contributed by atoms with E-state index >= 15 is 0 Å². The van der Waals surface area contributed by atoms with Gasteiger partial charge in [-0.25, -0.2) is 0 Å². The molecule has 0 heterocycles. The molecule has 13 heavy (non-hydrogen) atoms. The zero-order chi connectivity index (χ0) is 10.4. The minimum Gasteiger partial charge on any atom is -0.355 e. The molecule has 5 heteroatoms. The lowest BCUT2D eigenvalue weighted by Gasteiger charge is -2.09. The van der Waals surface area contributed by atoms with Crippen molar-refractivity contribution in [3.05, 3.63) is 0 Å². The molecule has 0 aliphatic rings. The average molecular weight is 226 g/mol. The van der Waals surface area contributed by atoms with Crippen LogP contribution in [0.15, 0.2) is 0 Å². The van der Waals surface area contributed by atoms with Gasteiger partial charge in [-0.3, -0.25) is 9.00 Å². The van der Waals surface area contributed by atoms with Gasteiger partial charge in [0.05, 0.1) is 0 Å². The molecule has 0 spiro atoms. The minimum absolute atomic E-state index is 0.117. The van der Waals surface area contributed by atoms with Crippen molar-refractivity contribution >= 4 is 28.3 Å². The van der Waals surface area contributed by atoms with Gasteiger partial charge in [-0.1, -0.05) is 6.92 Å². The molecular formula is C8H16ClNO2S. The predicted molar refractivity (Wildman–Crippen MR) is 56.5 cm³/mol. The Hall–Kier alpha value is -0.0900. The Bertz CT molecular complexity index is 197. The van der Waals surface area contributed by atoms with Crippen molar-refractivity contribution in [3.63, 3.8) is 0 Å². The zero-order valence-electron chi connectivity index (χ0n) is 8.17. The van der Waals surface area contributed by atoms with Crippen LogP contribution in [0.25, 0.3) is 0 Å². The predicted octanol–water partition coefficient (Wildman–Crippen LogP) is 0.887. The molecule has 0 aromatic carbocycles. The first kappa shape index (κ1) is 12.9. The maximum absolute atomic E-state index is 11.0. The number of halogens is 1. The molecule has 1 N–H and O–H groups in total. The van der Waals surface area contributed by atoms with Crippen LogP contribution in [0.2, 0.25) is 0 Å². The summed E-state index contributed by atoms with van der Waals surface area (Å²) in [5.74, 6) is -0.171. The molecule has 0 bridgehead atoms. The number of amides is 1. The summed E-state index contributed by atoms with van der Waals surface area (Å²) in [5, 5.41) is 2.28. The largest absolute Gasteiger partial charge is 0.355 e. The van der Waals surface area contributed by atoms with Crippen molar-refractivity contribution < 1.29 is 9.00 Å². The van der Waals surface area contributed by atoms with Crippen LogP contribution in [-0.2, 0) is 15.6 Å². The molecule has 0 saturated heterocycles. The van der Waals surface area contributed by atoms with Crippen LogP contribution in [-0.4, -0.2) is 33.5 Å². The lowest BCUT2D eigenvalue weighted by atomic mass is 10.3. The maximum Gasteiger partial charge on any atom is 0.237 e. The van der Waals surface area contributed by atoms with Gasteiger partial charge in [0.25, 0.3) is 0 Å². The average Bonchev–Trinajstić information content (AvgIpc) is 2.03. The Morgan fingerprint density at radius 1 is 1.54 bits per heavy atom. The Labute approximate surface area is 86.7 Å². The van der Waals surface area contributed by atoms with E-state index < -0.39 is 16.2 Å². The van der Waals surface area contributed by atoms with Crippen molar-refractivity contribution in [1.82, 2.24) is 5.32 Å². The minimum atomic E-state index is -0.820. The van der Waals surface area contributed by atoms with Crippen molar-refractivity contribution in [2.75, 3.05) is 12.8 Å². The van der Waals surface area contributed by atoms with E-state index in [1.54, 1.807) is 13.2 Å². The fraction of sp³-hybridized carbons (Fsp3) is 0.875. The molecule has 3 nitrogen and oxygen atoms in total. The fourth-order valence-corrected chi connectivity index (χ4v) is 1.23. The van der Waals surface area contributed by atoms with Gasteiger partial charge in [-0.2, -0.15) is 0 Å². The zero-order valence-corrected chi connectivity index (χ0v) is 9.74. The van der Waals surface area contributed by atoms with Gasteiger partial charge in [0.1, 0.15) is 5.38 Å². The first-order chi connectivity index (χ1) is 5.95. The van der Waals surface area contributed by atoms with E-state index in [1.165, 1.54) is 0 Å². The third-order valence-corrected chi connectivity index (χ3v) is 3.35. The molecule has 0 saturated carbocycles. The van der Waals surface area contributed by atoms with E-state index in [4.69, 9.17) is 11.6 Å². The summed E-state index contributed by atoms with van der Waals surface area (Å²) >= 11 is 5.53. The van der Waals surface area contributed by atoms with Crippen molar-refractivity contribution in [3.8, 4) is 0 Å². The van der Waals surface area contributed by atoms with Gasteiger partial charge in [0.15, 0.2) is 0 Å². The highest BCUT2D eigenvalue weighted by Gasteiger charge is 2.10. The number of carbonyl (C=O) groups is 1. The smallest absolute Gasteiger partial charge is 0.237 e. The molecule has 3 atom stereocenters. The fourth-order valence-electron chi connectivity index (χ4n) is 0.705. The highest BCUT2D eigenvalue weighted by atomic mass is 35.5. The Kier molecular flexibility index (Phi) is 6.33. The molecule has 1 amide bonds. The molecule has 0 aliphatic carbocycles. The second-order valence-electron chi connectivity index (χ2n) is 3.00. The molecule has 0 aromatic rings. The molecule has 0 rings (SSSR count). The van der Waals surface area contributed by atoms with E-state index in [2.05, 4.69) is 5.32 Å². The van der Waals surface area contributed by atoms with Gasteiger partial charge in [0, 0.05) is 28.9 Å². The number of hydrogen-bond acceptors (Lipinski definition) is 2. The summed E-state index contributed by atoms with van der Waals surface area (Å²) in [5.41, 5.74) is 0. The topological polar surface area (TPSA) is 46.2 Å². The van der Waals surface area contributed by atoms with Crippen LogP contribution in [0, 0.1) is 0 Å². The summed E-state index contributed by atoms with van der Waals surface area (Å²) in [6.45, 7) is 4.06. The van der Waals surface area contributed by atoms with Crippen molar-refractivity contribution in [1.29, 1.82) is 0 Å². The van der Waals surface area contributed by atoms with Crippen LogP contribution in [0.3, 0.4) is 0 Å². The molecule has 78 valence electrons. The third kappa shape index (κ3) is 6.05. The number of alkyl halides is 1. The normalized spacial score (nSPS) is 17.5. The third-order valence-electron chi connectivity index (χ3n) is 1.78. The summed E-state index contributed by atoms with van der Waals surface area (Å²) in [7, 11) is -0.820. The number of rotatable bonds is 5. The van der Waals surface area contributed by atoms with E-state index in [0.29, 0.717) is 6.54 Å². The lowest BCUT2D eigenvalue weighted by molar-refractivity contribution is -0.120. The van der Waals surface area contributed by atoms with Crippen molar-refractivity contribution in [2.45, 2.75) is 30.9 Å². The Morgan fingerprint density at radius 2 is 2.08 bits per heavy atom. The summed E-state index contributed by atoms with van der Waals surface area (Å²) in [6.07, 6.45) is 2.38. The molecule has 0 aromatic heterocycles. The second-order valence-corrected chi connectivity index (χ2v) is 5.46. The first-order valence-corrected chi connectivity index (χ1v) is 6.25. The number of nitrogens with one attached hydrogen (secondary N) is 1. The summed E-state index contributed by atoms with van der Waals surface area (Å²) in [6, 6.07) is 0. The van der Waals surface area contributed by atoms with Gasteiger partial charge >= 0.3 is 0 Å². The van der Waals surface area contributed by atoms with E-state index in [9.17, 15) is 9.00 Å². The molecular weight excluding hydrogens is 210 g/mol.